The van der Waals surface area contributed by atoms with E-state index in [-0.39, 0.29) is 12.5 Å². The van der Waals surface area contributed by atoms with Crippen LogP contribution >= 0.6 is 11.8 Å². The number of rotatable bonds is 12. The van der Waals surface area contributed by atoms with Crippen molar-refractivity contribution in [1.29, 1.82) is 0 Å². The van der Waals surface area contributed by atoms with Crippen molar-refractivity contribution in [2.45, 2.75) is 76.0 Å². The molecular weight excluding hydrogens is 430 g/mol. The smallest absolute Gasteiger partial charge is 0.242 e. The fourth-order valence-electron chi connectivity index (χ4n) is 5.11. The van der Waals surface area contributed by atoms with Gasteiger partial charge in [0.1, 0.15) is 6.04 Å². The molecule has 6 heteroatoms. The highest BCUT2D eigenvalue weighted by Gasteiger charge is 2.32. The molecule has 1 aliphatic carbocycles. The molecule has 1 unspecified atom stereocenters. The Bertz CT molecular complexity index is 806. The van der Waals surface area contributed by atoms with Crippen LogP contribution in [-0.2, 0) is 21.8 Å². The summed E-state index contributed by atoms with van der Waals surface area (Å²) in [6.07, 6.45) is 12.1. The van der Waals surface area contributed by atoms with Gasteiger partial charge < -0.3 is 15.5 Å². The number of thioether (sulfide) groups is 1. The van der Waals surface area contributed by atoms with Crippen molar-refractivity contribution < 1.29 is 9.59 Å². The van der Waals surface area contributed by atoms with Gasteiger partial charge in [-0.1, -0.05) is 62.9 Å². The zero-order valence-electron chi connectivity index (χ0n) is 20.3. The monoisotopic (exact) mass is 471 g/mol. The van der Waals surface area contributed by atoms with Gasteiger partial charge in [-0.15, -0.1) is 0 Å². The molecule has 3 rings (SSSR count). The van der Waals surface area contributed by atoms with Crippen LogP contribution < -0.4 is 5.73 Å². The molecule has 1 saturated carbocycles. The van der Waals surface area contributed by atoms with Gasteiger partial charge in [0.15, 0.2) is 0 Å². The maximum atomic E-state index is 12.7. The second-order valence-corrected chi connectivity index (χ2v) is 10.9. The molecule has 1 saturated heterocycles. The van der Waals surface area contributed by atoms with Crippen LogP contribution in [0.15, 0.2) is 36.5 Å². The van der Waals surface area contributed by atoms with E-state index in [1.807, 2.05) is 23.7 Å². The average Bonchev–Trinajstić information content (AvgIpc) is 3.30. The first-order chi connectivity index (χ1) is 15.9. The molecule has 2 aliphatic rings. The molecule has 2 amide bonds. The summed E-state index contributed by atoms with van der Waals surface area (Å²) >= 11 is 2.03. The Morgan fingerprint density at radius 1 is 1.15 bits per heavy atom. The summed E-state index contributed by atoms with van der Waals surface area (Å²) in [4.78, 5) is 27.8. The predicted octanol–water partition coefficient (Wildman–Crippen LogP) is 4.74. The van der Waals surface area contributed by atoms with Crippen LogP contribution in [-0.4, -0.2) is 53.5 Å². The summed E-state index contributed by atoms with van der Waals surface area (Å²) in [6.45, 7) is 5.03. The van der Waals surface area contributed by atoms with Crippen LogP contribution in [0.3, 0.4) is 0 Å². The van der Waals surface area contributed by atoms with Crippen molar-refractivity contribution in [3.05, 3.63) is 47.7 Å². The predicted molar refractivity (Wildman–Crippen MR) is 138 cm³/mol. The van der Waals surface area contributed by atoms with Gasteiger partial charge in [0.05, 0.1) is 6.54 Å². The summed E-state index contributed by atoms with van der Waals surface area (Å²) in [5.41, 5.74) is 8.92. The summed E-state index contributed by atoms with van der Waals surface area (Å²) in [6, 6.07) is 8.24. The first kappa shape index (κ1) is 25.7. The van der Waals surface area contributed by atoms with Crippen molar-refractivity contribution in [1.82, 2.24) is 9.80 Å². The highest BCUT2D eigenvalue weighted by atomic mass is 32.2. The number of nitrogens with two attached hydrogens (primary N) is 1. The Morgan fingerprint density at radius 3 is 2.67 bits per heavy atom. The number of benzene rings is 1. The molecule has 5 nitrogen and oxygen atoms in total. The molecule has 2 fully saturated rings. The van der Waals surface area contributed by atoms with Gasteiger partial charge in [-0.25, -0.2) is 0 Å². The standard InChI is InChI=1S/C27H41N3O2S/c1-21(29(2)19-26(31)30-15-7-14-25(30)27(28)32)17-23-11-6-12-24(18-23)20-33-16-8-13-22-9-4-3-5-10-22/h6,11-12,18,22,25H,1,3-5,7-10,13-17,19-20H2,2H3,(H2,28,32). The van der Waals surface area contributed by atoms with Crippen molar-refractivity contribution in [3.8, 4) is 0 Å². The van der Waals surface area contributed by atoms with E-state index < -0.39 is 11.9 Å². The van der Waals surface area contributed by atoms with E-state index in [0.29, 0.717) is 19.4 Å². The summed E-state index contributed by atoms with van der Waals surface area (Å²) in [5.74, 6) is 2.79. The van der Waals surface area contributed by atoms with Crippen molar-refractivity contribution in [2.75, 3.05) is 25.9 Å². The number of nitrogens with zero attached hydrogens (tertiary/aromatic N) is 2. The van der Waals surface area contributed by atoms with Gasteiger partial charge in [-0.2, -0.15) is 11.8 Å². The largest absolute Gasteiger partial charge is 0.369 e. The molecular formula is C27H41N3O2S. The second-order valence-electron chi connectivity index (χ2n) is 9.77. The number of carbonyl (C=O) groups excluding carboxylic acids is 2. The quantitative estimate of drug-likeness (QED) is 0.447. The zero-order valence-corrected chi connectivity index (χ0v) is 21.1. The average molecular weight is 472 g/mol. The Hall–Kier alpha value is -1.95. The lowest BCUT2D eigenvalue weighted by molar-refractivity contribution is -0.137. The Labute approximate surface area is 204 Å². The zero-order chi connectivity index (χ0) is 23.6. The third kappa shape index (κ3) is 8.09. The SMILES string of the molecule is C=C(Cc1cccc(CSCCCC2CCCCC2)c1)N(C)CC(=O)N1CCCC1C(N)=O. The molecule has 1 atom stereocenters. The molecule has 182 valence electrons. The number of primary amides is 1. The summed E-state index contributed by atoms with van der Waals surface area (Å²) in [5, 5.41) is 0. The van der Waals surface area contributed by atoms with E-state index in [2.05, 4.69) is 30.8 Å². The highest BCUT2D eigenvalue weighted by molar-refractivity contribution is 7.98. The van der Waals surface area contributed by atoms with E-state index in [0.717, 1.165) is 23.8 Å². The van der Waals surface area contributed by atoms with Crippen molar-refractivity contribution >= 4 is 23.6 Å². The number of likely N-dealkylation sites (N-methyl/N-ethyl adjacent to an activating group) is 1. The number of likely N-dealkylation sites (tertiary alicyclic amines) is 1. The maximum absolute atomic E-state index is 12.7. The molecule has 0 radical (unpaired) electrons. The van der Waals surface area contributed by atoms with Crippen LogP contribution in [0, 0.1) is 5.92 Å². The van der Waals surface area contributed by atoms with Gasteiger partial charge >= 0.3 is 0 Å². The third-order valence-electron chi connectivity index (χ3n) is 7.11. The van der Waals surface area contributed by atoms with Gasteiger partial charge in [0.2, 0.25) is 11.8 Å². The van der Waals surface area contributed by atoms with Crippen LogP contribution in [0.25, 0.3) is 0 Å². The molecule has 2 N–H and O–H groups in total. The minimum absolute atomic E-state index is 0.0571. The van der Waals surface area contributed by atoms with E-state index in [4.69, 9.17) is 5.73 Å². The minimum Gasteiger partial charge on any atom is -0.369 e. The van der Waals surface area contributed by atoms with Crippen molar-refractivity contribution in [2.24, 2.45) is 11.7 Å². The molecule has 0 bridgehead atoms. The van der Waals surface area contributed by atoms with Gasteiger partial charge in [-0.3, -0.25) is 9.59 Å². The number of allylic oxidation sites excluding steroid dienone is 1. The Morgan fingerprint density at radius 2 is 1.91 bits per heavy atom. The van der Waals surface area contributed by atoms with Crippen LogP contribution in [0.4, 0.5) is 0 Å². The number of amides is 2. The van der Waals surface area contributed by atoms with E-state index >= 15 is 0 Å². The first-order valence-electron chi connectivity index (χ1n) is 12.6. The maximum Gasteiger partial charge on any atom is 0.242 e. The number of carbonyl (C=O) groups is 2. The fourth-order valence-corrected chi connectivity index (χ4v) is 6.04. The summed E-state index contributed by atoms with van der Waals surface area (Å²) in [7, 11) is 1.89. The Kier molecular flexibility index (Phi) is 10.2. The molecule has 0 spiro atoms. The lowest BCUT2D eigenvalue weighted by Gasteiger charge is -2.27. The molecule has 33 heavy (non-hydrogen) atoms. The molecule has 1 heterocycles. The van der Waals surface area contributed by atoms with E-state index in [1.54, 1.807) is 4.90 Å². The number of hydrogen-bond acceptors (Lipinski definition) is 4. The van der Waals surface area contributed by atoms with E-state index in [1.165, 1.54) is 61.8 Å². The third-order valence-corrected chi connectivity index (χ3v) is 8.22. The lowest BCUT2D eigenvalue weighted by Crippen LogP contribution is -2.47. The number of hydrogen-bond donors (Lipinski definition) is 1. The lowest BCUT2D eigenvalue weighted by atomic mass is 9.86. The minimum atomic E-state index is -0.462. The second kappa shape index (κ2) is 13.1. The van der Waals surface area contributed by atoms with E-state index in [9.17, 15) is 9.59 Å². The fraction of sp³-hybridized carbons (Fsp3) is 0.630. The van der Waals surface area contributed by atoms with Gasteiger partial charge in [-0.05, 0) is 48.5 Å². The van der Waals surface area contributed by atoms with Crippen LogP contribution in [0.1, 0.15) is 68.9 Å². The molecule has 1 aliphatic heterocycles. The highest BCUT2D eigenvalue weighted by Crippen LogP contribution is 2.28. The molecule has 0 aromatic heterocycles. The van der Waals surface area contributed by atoms with Crippen LogP contribution in [0.5, 0.6) is 0 Å². The molecule has 1 aromatic rings. The van der Waals surface area contributed by atoms with Gasteiger partial charge in [0, 0.05) is 31.5 Å². The molecule has 1 aromatic carbocycles. The van der Waals surface area contributed by atoms with Crippen LogP contribution in [0.2, 0.25) is 0 Å². The first-order valence-corrected chi connectivity index (χ1v) is 13.7. The Balaban J connectivity index is 1.39. The summed E-state index contributed by atoms with van der Waals surface area (Å²) < 4.78 is 0. The normalized spacial score (nSPS) is 18.9. The van der Waals surface area contributed by atoms with Crippen molar-refractivity contribution in [3.63, 3.8) is 0 Å². The van der Waals surface area contributed by atoms with Gasteiger partial charge in [0.25, 0.3) is 0 Å². The topological polar surface area (TPSA) is 66.6 Å².